The Bertz CT molecular complexity index is 942. The van der Waals surface area contributed by atoms with Crippen molar-refractivity contribution in [2.24, 2.45) is 0 Å². The molecule has 0 atom stereocenters. The summed E-state index contributed by atoms with van der Waals surface area (Å²) in [6.45, 7) is 0.569. The van der Waals surface area contributed by atoms with Crippen LogP contribution in [0.2, 0.25) is 0 Å². The average Bonchev–Trinajstić information content (AvgIpc) is 2.90. The first-order chi connectivity index (χ1) is 10.8. The molecule has 22 heavy (non-hydrogen) atoms. The highest BCUT2D eigenvalue weighted by Crippen LogP contribution is 2.29. The van der Waals surface area contributed by atoms with Crippen molar-refractivity contribution in [2.75, 3.05) is 5.73 Å². The molecule has 0 bridgehead atoms. The molecule has 0 radical (unpaired) electrons. The van der Waals surface area contributed by atoms with Crippen LogP contribution in [0.25, 0.3) is 21.8 Å². The Kier molecular flexibility index (Phi) is 2.97. The maximum Gasteiger partial charge on any atom is 0.121 e. The van der Waals surface area contributed by atoms with Crippen LogP contribution in [0.15, 0.2) is 66.7 Å². The van der Waals surface area contributed by atoms with Crippen LogP contribution in [0.4, 0.5) is 5.69 Å². The number of ether oxygens (including phenoxy) is 1. The molecule has 3 N–H and O–H groups in total. The third kappa shape index (κ3) is 2.27. The Labute approximate surface area is 128 Å². The number of nitrogens with one attached hydrogen (secondary N) is 1. The highest BCUT2D eigenvalue weighted by atomic mass is 16.5. The van der Waals surface area contributed by atoms with Crippen molar-refractivity contribution >= 4 is 27.5 Å². The first-order valence-electron chi connectivity index (χ1n) is 7.27. The molecule has 0 spiro atoms. The number of hydrogen-bond donors (Lipinski definition) is 2. The third-order valence-corrected chi connectivity index (χ3v) is 3.84. The van der Waals surface area contributed by atoms with Gasteiger partial charge in [0.05, 0.1) is 5.52 Å². The second-order valence-corrected chi connectivity index (χ2v) is 5.41. The van der Waals surface area contributed by atoms with Crippen LogP contribution < -0.4 is 10.5 Å². The molecule has 0 aliphatic carbocycles. The fourth-order valence-electron chi connectivity index (χ4n) is 2.74. The van der Waals surface area contributed by atoms with Crippen LogP contribution in [-0.2, 0) is 6.61 Å². The van der Waals surface area contributed by atoms with Crippen LogP contribution in [0, 0.1) is 0 Å². The van der Waals surface area contributed by atoms with E-state index in [0.717, 1.165) is 28.0 Å². The second-order valence-electron chi connectivity index (χ2n) is 5.41. The van der Waals surface area contributed by atoms with E-state index in [2.05, 4.69) is 23.2 Å². The van der Waals surface area contributed by atoms with E-state index >= 15 is 0 Å². The van der Waals surface area contributed by atoms with Crippen molar-refractivity contribution in [1.29, 1.82) is 0 Å². The number of H-pyrrole nitrogens is 1. The predicted octanol–water partition coefficient (Wildman–Crippen LogP) is 4.48. The molecule has 0 amide bonds. The van der Waals surface area contributed by atoms with Gasteiger partial charge >= 0.3 is 0 Å². The SMILES string of the molecule is Nc1ccc2c(c1)[nH]c1cc(OCc3ccccc3)ccc12. The number of anilines is 1. The first kappa shape index (κ1) is 12.8. The van der Waals surface area contributed by atoms with E-state index in [1.54, 1.807) is 0 Å². The molecule has 4 aromatic rings. The summed E-state index contributed by atoms with van der Waals surface area (Å²) in [6.07, 6.45) is 0. The lowest BCUT2D eigenvalue weighted by atomic mass is 10.1. The fourth-order valence-corrected chi connectivity index (χ4v) is 2.74. The van der Waals surface area contributed by atoms with Gasteiger partial charge in [-0.1, -0.05) is 36.4 Å². The molecule has 4 rings (SSSR count). The molecular weight excluding hydrogens is 272 g/mol. The Morgan fingerprint density at radius 3 is 2.36 bits per heavy atom. The molecule has 1 aromatic heterocycles. The zero-order valence-corrected chi connectivity index (χ0v) is 12.0. The number of hydrogen-bond acceptors (Lipinski definition) is 2. The lowest BCUT2D eigenvalue weighted by Crippen LogP contribution is -1.94. The molecule has 0 aliphatic heterocycles. The molecule has 1 heterocycles. The summed E-state index contributed by atoms with van der Waals surface area (Å²) < 4.78 is 5.88. The van der Waals surface area contributed by atoms with Crippen molar-refractivity contribution in [1.82, 2.24) is 4.98 Å². The summed E-state index contributed by atoms with van der Waals surface area (Å²) in [4.78, 5) is 3.40. The minimum Gasteiger partial charge on any atom is -0.489 e. The summed E-state index contributed by atoms with van der Waals surface area (Å²) in [5.41, 5.74) is 9.88. The summed E-state index contributed by atoms with van der Waals surface area (Å²) >= 11 is 0. The predicted molar refractivity (Wildman–Crippen MR) is 91.0 cm³/mol. The zero-order chi connectivity index (χ0) is 14.9. The number of aromatic amines is 1. The number of aromatic nitrogens is 1. The van der Waals surface area contributed by atoms with Gasteiger partial charge in [0, 0.05) is 28.0 Å². The van der Waals surface area contributed by atoms with Crippen molar-refractivity contribution in [3.05, 3.63) is 72.3 Å². The Balaban J connectivity index is 1.67. The van der Waals surface area contributed by atoms with Gasteiger partial charge in [0.25, 0.3) is 0 Å². The van der Waals surface area contributed by atoms with Gasteiger partial charge in [-0.05, 0) is 29.8 Å². The summed E-state index contributed by atoms with van der Waals surface area (Å²) in [7, 11) is 0. The molecule has 0 fully saturated rings. The number of nitrogens with two attached hydrogens (primary N) is 1. The Morgan fingerprint density at radius 1 is 0.818 bits per heavy atom. The smallest absolute Gasteiger partial charge is 0.121 e. The van der Waals surface area contributed by atoms with Crippen LogP contribution in [0.5, 0.6) is 5.75 Å². The van der Waals surface area contributed by atoms with Crippen molar-refractivity contribution in [2.45, 2.75) is 6.61 Å². The topological polar surface area (TPSA) is 51.0 Å². The van der Waals surface area contributed by atoms with Gasteiger partial charge in [-0.2, -0.15) is 0 Å². The zero-order valence-electron chi connectivity index (χ0n) is 12.0. The van der Waals surface area contributed by atoms with E-state index in [1.165, 1.54) is 10.8 Å². The molecule has 3 nitrogen and oxygen atoms in total. The lowest BCUT2D eigenvalue weighted by Gasteiger charge is -2.06. The van der Waals surface area contributed by atoms with Crippen molar-refractivity contribution in [3.8, 4) is 5.75 Å². The quantitative estimate of drug-likeness (QED) is 0.546. The largest absolute Gasteiger partial charge is 0.489 e. The summed E-state index contributed by atoms with van der Waals surface area (Å²) in [5, 5.41) is 2.36. The van der Waals surface area contributed by atoms with Crippen LogP contribution >= 0.6 is 0 Å². The third-order valence-electron chi connectivity index (χ3n) is 3.84. The van der Waals surface area contributed by atoms with Gasteiger partial charge in [0.2, 0.25) is 0 Å². The number of benzene rings is 3. The fraction of sp³-hybridized carbons (Fsp3) is 0.0526. The van der Waals surface area contributed by atoms with Crippen molar-refractivity contribution < 1.29 is 4.74 Å². The van der Waals surface area contributed by atoms with E-state index < -0.39 is 0 Å². The minimum absolute atomic E-state index is 0.569. The van der Waals surface area contributed by atoms with Gasteiger partial charge in [0.1, 0.15) is 12.4 Å². The standard InChI is InChI=1S/C19H16N2O/c20-14-6-8-16-17-9-7-15(11-19(17)21-18(16)10-14)22-12-13-4-2-1-3-5-13/h1-11,21H,12,20H2. The molecular formula is C19H16N2O. The molecule has 108 valence electrons. The van der Waals surface area contributed by atoms with Gasteiger partial charge in [-0.3, -0.25) is 0 Å². The number of rotatable bonds is 3. The summed E-state index contributed by atoms with van der Waals surface area (Å²) in [6, 6.07) is 22.2. The van der Waals surface area contributed by atoms with Gasteiger partial charge < -0.3 is 15.5 Å². The van der Waals surface area contributed by atoms with Crippen LogP contribution in [-0.4, -0.2) is 4.98 Å². The molecule has 3 aromatic carbocycles. The highest BCUT2D eigenvalue weighted by molar-refractivity contribution is 6.08. The number of fused-ring (bicyclic) bond motifs is 3. The second kappa shape index (κ2) is 5.11. The molecule has 0 saturated carbocycles. The first-order valence-corrected chi connectivity index (χ1v) is 7.27. The summed E-state index contributed by atoms with van der Waals surface area (Å²) in [5.74, 6) is 0.857. The molecule has 0 unspecified atom stereocenters. The molecule has 0 aliphatic rings. The van der Waals surface area contributed by atoms with Crippen LogP contribution in [0.3, 0.4) is 0 Å². The average molecular weight is 288 g/mol. The Hall–Kier alpha value is -2.94. The monoisotopic (exact) mass is 288 g/mol. The number of nitrogen functional groups attached to an aromatic ring is 1. The van der Waals surface area contributed by atoms with Crippen LogP contribution in [0.1, 0.15) is 5.56 Å². The maximum atomic E-state index is 5.88. The van der Waals surface area contributed by atoms with Gasteiger partial charge in [-0.25, -0.2) is 0 Å². The van der Waals surface area contributed by atoms with E-state index in [4.69, 9.17) is 10.5 Å². The highest BCUT2D eigenvalue weighted by Gasteiger charge is 2.06. The van der Waals surface area contributed by atoms with Gasteiger partial charge in [-0.15, -0.1) is 0 Å². The minimum atomic E-state index is 0.569. The van der Waals surface area contributed by atoms with E-state index in [-0.39, 0.29) is 0 Å². The molecule has 3 heteroatoms. The molecule has 0 saturated heterocycles. The van der Waals surface area contributed by atoms with E-state index in [1.807, 2.05) is 48.5 Å². The van der Waals surface area contributed by atoms with E-state index in [9.17, 15) is 0 Å². The lowest BCUT2D eigenvalue weighted by molar-refractivity contribution is 0.306. The van der Waals surface area contributed by atoms with E-state index in [0.29, 0.717) is 6.61 Å². The maximum absolute atomic E-state index is 5.88. The normalized spacial score (nSPS) is 11.1. The Morgan fingerprint density at radius 2 is 1.55 bits per heavy atom. The van der Waals surface area contributed by atoms with Crippen molar-refractivity contribution in [3.63, 3.8) is 0 Å². The van der Waals surface area contributed by atoms with Gasteiger partial charge in [0.15, 0.2) is 0 Å².